The maximum absolute atomic E-state index is 6.01. The molecule has 128 valence electrons. The van der Waals surface area contributed by atoms with E-state index in [1.165, 1.54) is 0 Å². The largest absolute Gasteiger partial charge is 0.490 e. The molecule has 0 radical (unpaired) electrons. The van der Waals surface area contributed by atoms with Gasteiger partial charge < -0.3 is 13.6 Å². The molecule has 0 saturated heterocycles. The third kappa shape index (κ3) is 5.09. The number of para-hydroxylation sites is 1. The highest BCUT2D eigenvalue weighted by Crippen LogP contribution is 2.50. The first-order valence-corrected chi connectivity index (χ1v) is 10.5. The van der Waals surface area contributed by atoms with Gasteiger partial charge in [0.15, 0.2) is 0 Å². The summed E-state index contributed by atoms with van der Waals surface area (Å²) in [7, 11) is 0. The minimum Gasteiger partial charge on any atom is -0.407 e. The molecule has 3 aromatic rings. The van der Waals surface area contributed by atoms with E-state index in [-0.39, 0.29) is 0 Å². The van der Waals surface area contributed by atoms with Gasteiger partial charge in [-0.25, -0.2) is 0 Å². The van der Waals surface area contributed by atoms with Crippen LogP contribution in [0.4, 0.5) is 0 Å². The maximum Gasteiger partial charge on any atom is 0.490 e. The van der Waals surface area contributed by atoms with E-state index in [0.29, 0.717) is 17.2 Å². The molecule has 25 heavy (non-hydrogen) atoms. The number of hydrogen-bond acceptors (Lipinski definition) is 4. The highest BCUT2D eigenvalue weighted by molar-refractivity contribution is 8.08. The van der Waals surface area contributed by atoms with Gasteiger partial charge in [-0.05, 0) is 61.4 Å². The maximum atomic E-state index is 6.01. The molecular weight excluding hydrogens is 351 g/mol. The lowest BCUT2D eigenvalue weighted by Crippen LogP contribution is -2.07. The van der Waals surface area contributed by atoms with Crippen molar-refractivity contribution < 1.29 is 13.6 Å². The van der Waals surface area contributed by atoms with Crippen LogP contribution < -0.4 is 13.6 Å². The van der Waals surface area contributed by atoms with Crippen molar-refractivity contribution in [2.45, 2.75) is 13.8 Å². The van der Waals surface area contributed by atoms with Crippen molar-refractivity contribution in [3.63, 3.8) is 0 Å². The molecule has 0 N–H and O–H groups in total. The van der Waals surface area contributed by atoms with Gasteiger partial charge in [-0.2, -0.15) is 0 Å². The Hall–Kier alpha value is -2.29. The Labute approximate surface area is 153 Å². The molecular formula is C20H19O3PS. The zero-order chi connectivity index (χ0) is 17.7. The SMILES string of the molecule is Cc1cccc(OP(=S)(Oc2ccccc2)Oc2cccc(C)c2)c1. The van der Waals surface area contributed by atoms with Crippen molar-refractivity contribution in [2.24, 2.45) is 0 Å². The molecule has 0 heterocycles. The van der Waals surface area contributed by atoms with Crippen LogP contribution in [0.2, 0.25) is 0 Å². The van der Waals surface area contributed by atoms with E-state index < -0.39 is 6.72 Å². The standard InChI is InChI=1S/C20H19O3PS/c1-16-8-6-12-19(14-16)22-24(25,21-18-10-4-3-5-11-18)23-20-13-7-9-17(2)15-20/h3-15H,1-2H3. The van der Waals surface area contributed by atoms with Gasteiger partial charge in [-0.1, -0.05) is 42.5 Å². The van der Waals surface area contributed by atoms with E-state index in [1.807, 2.05) is 92.7 Å². The van der Waals surface area contributed by atoms with Gasteiger partial charge in [0, 0.05) is 11.8 Å². The van der Waals surface area contributed by atoms with Crippen molar-refractivity contribution in [3.8, 4) is 17.2 Å². The molecule has 5 heteroatoms. The van der Waals surface area contributed by atoms with Crippen molar-refractivity contribution in [1.29, 1.82) is 0 Å². The van der Waals surface area contributed by atoms with E-state index in [4.69, 9.17) is 25.4 Å². The molecule has 0 fully saturated rings. The van der Waals surface area contributed by atoms with Gasteiger partial charge in [-0.3, -0.25) is 0 Å². The molecule has 0 aliphatic rings. The van der Waals surface area contributed by atoms with E-state index in [9.17, 15) is 0 Å². The highest BCUT2D eigenvalue weighted by Gasteiger charge is 2.26. The summed E-state index contributed by atoms with van der Waals surface area (Å²) >= 11 is 5.68. The topological polar surface area (TPSA) is 27.7 Å². The quantitative estimate of drug-likeness (QED) is 0.493. The number of benzene rings is 3. The first kappa shape index (κ1) is 17.5. The fraction of sp³-hybridized carbons (Fsp3) is 0.100. The van der Waals surface area contributed by atoms with Crippen LogP contribution in [-0.2, 0) is 11.8 Å². The lowest BCUT2D eigenvalue weighted by Gasteiger charge is -2.23. The Morgan fingerprint density at radius 3 is 1.52 bits per heavy atom. The molecule has 0 saturated carbocycles. The molecule has 0 bridgehead atoms. The second-order valence-electron chi connectivity index (χ2n) is 5.67. The molecule has 0 unspecified atom stereocenters. The fourth-order valence-electron chi connectivity index (χ4n) is 2.27. The second kappa shape index (κ2) is 7.73. The lowest BCUT2D eigenvalue weighted by molar-refractivity contribution is 0.384. The third-order valence-corrected chi connectivity index (χ3v) is 5.35. The van der Waals surface area contributed by atoms with Gasteiger partial charge >= 0.3 is 6.72 Å². The smallest absolute Gasteiger partial charge is 0.407 e. The monoisotopic (exact) mass is 370 g/mol. The van der Waals surface area contributed by atoms with E-state index >= 15 is 0 Å². The van der Waals surface area contributed by atoms with E-state index in [2.05, 4.69) is 0 Å². The first-order valence-electron chi connectivity index (χ1n) is 7.90. The molecule has 0 aliphatic heterocycles. The molecule has 0 aliphatic carbocycles. The molecule has 3 aromatic carbocycles. The van der Waals surface area contributed by atoms with Crippen LogP contribution in [0.1, 0.15) is 11.1 Å². The van der Waals surface area contributed by atoms with E-state index in [1.54, 1.807) is 0 Å². The minimum atomic E-state index is -3.09. The average molecular weight is 370 g/mol. The number of aryl methyl sites for hydroxylation is 2. The Balaban J connectivity index is 1.90. The normalized spacial score (nSPS) is 11.0. The van der Waals surface area contributed by atoms with Crippen LogP contribution in [0.15, 0.2) is 78.9 Å². The average Bonchev–Trinajstić information content (AvgIpc) is 2.55. The Morgan fingerprint density at radius 2 is 1.04 bits per heavy atom. The summed E-state index contributed by atoms with van der Waals surface area (Å²) < 4.78 is 18.0. The summed E-state index contributed by atoms with van der Waals surface area (Å²) in [5.41, 5.74) is 2.16. The summed E-state index contributed by atoms with van der Waals surface area (Å²) in [6.45, 7) is 0.900. The molecule has 3 rings (SSSR count). The zero-order valence-corrected chi connectivity index (χ0v) is 15.8. The van der Waals surface area contributed by atoms with Crippen LogP contribution in [0, 0.1) is 13.8 Å². The molecule has 0 spiro atoms. The molecule has 0 aromatic heterocycles. The van der Waals surface area contributed by atoms with Gasteiger partial charge in [0.1, 0.15) is 17.2 Å². The Bertz CT molecular complexity index is 845. The Morgan fingerprint density at radius 1 is 0.600 bits per heavy atom. The predicted molar refractivity (Wildman–Crippen MR) is 105 cm³/mol. The summed E-state index contributed by atoms with van der Waals surface area (Å²) in [5.74, 6) is 1.88. The van der Waals surface area contributed by atoms with Gasteiger partial charge in [0.05, 0.1) is 0 Å². The summed E-state index contributed by atoms with van der Waals surface area (Å²) in [6.07, 6.45) is 0. The third-order valence-electron chi connectivity index (χ3n) is 3.37. The second-order valence-corrected chi connectivity index (χ2v) is 8.45. The molecule has 3 nitrogen and oxygen atoms in total. The number of hydrogen-bond donors (Lipinski definition) is 0. The fourth-order valence-corrected chi connectivity index (χ4v) is 4.28. The van der Waals surface area contributed by atoms with Crippen LogP contribution in [-0.4, -0.2) is 0 Å². The van der Waals surface area contributed by atoms with Crippen LogP contribution in [0.25, 0.3) is 0 Å². The Kier molecular flexibility index (Phi) is 5.42. The lowest BCUT2D eigenvalue weighted by atomic mass is 10.2. The minimum absolute atomic E-state index is 0.617. The van der Waals surface area contributed by atoms with Crippen molar-refractivity contribution in [1.82, 2.24) is 0 Å². The van der Waals surface area contributed by atoms with E-state index in [0.717, 1.165) is 11.1 Å². The van der Waals surface area contributed by atoms with Crippen LogP contribution in [0.3, 0.4) is 0 Å². The van der Waals surface area contributed by atoms with Crippen LogP contribution in [0.5, 0.6) is 17.2 Å². The van der Waals surface area contributed by atoms with Crippen molar-refractivity contribution in [2.75, 3.05) is 0 Å². The first-order chi connectivity index (χ1) is 12.0. The van der Waals surface area contributed by atoms with Crippen molar-refractivity contribution in [3.05, 3.63) is 90.0 Å². The van der Waals surface area contributed by atoms with Crippen LogP contribution >= 0.6 is 6.72 Å². The zero-order valence-electron chi connectivity index (χ0n) is 14.1. The molecule has 0 atom stereocenters. The summed E-state index contributed by atoms with van der Waals surface area (Å²) in [5, 5.41) is 0. The van der Waals surface area contributed by atoms with Gasteiger partial charge in [0.2, 0.25) is 0 Å². The van der Waals surface area contributed by atoms with Crippen molar-refractivity contribution >= 4 is 18.5 Å². The molecule has 0 amide bonds. The highest BCUT2D eigenvalue weighted by atomic mass is 32.5. The predicted octanol–water partition coefficient (Wildman–Crippen LogP) is 6.06. The summed E-state index contributed by atoms with van der Waals surface area (Å²) in [4.78, 5) is 0. The van der Waals surface area contributed by atoms with Gasteiger partial charge in [0.25, 0.3) is 0 Å². The summed E-state index contributed by atoms with van der Waals surface area (Å²) in [6, 6.07) is 24.7. The van der Waals surface area contributed by atoms with Gasteiger partial charge in [-0.15, -0.1) is 0 Å². The number of rotatable bonds is 6.